The molecule has 2 N–H and O–H groups in total. The predicted octanol–water partition coefficient (Wildman–Crippen LogP) is 4.94. The molecule has 0 aromatic carbocycles. The van der Waals surface area contributed by atoms with Crippen molar-refractivity contribution in [3.05, 3.63) is 60.3 Å². The monoisotopic (exact) mass is 419 g/mol. The van der Waals surface area contributed by atoms with Gasteiger partial charge in [0.1, 0.15) is 11.5 Å². The number of halogens is 3. The summed E-state index contributed by atoms with van der Waals surface area (Å²) in [7, 11) is 0. The summed E-state index contributed by atoms with van der Waals surface area (Å²) >= 11 is 1.13. The van der Waals surface area contributed by atoms with Crippen molar-refractivity contribution in [2.45, 2.75) is 24.9 Å². The third-order valence-corrected chi connectivity index (χ3v) is 4.59. The van der Waals surface area contributed by atoms with Gasteiger partial charge in [-0.05, 0) is 54.8 Å². The highest BCUT2D eigenvalue weighted by Gasteiger charge is 2.32. The van der Waals surface area contributed by atoms with Crippen molar-refractivity contribution in [1.82, 2.24) is 15.0 Å². The molecule has 0 fully saturated rings. The fraction of sp³-hybridized carbons (Fsp3) is 0.158. The summed E-state index contributed by atoms with van der Waals surface area (Å²) in [5, 5.41) is 2.63. The van der Waals surface area contributed by atoms with Crippen molar-refractivity contribution in [1.29, 1.82) is 0 Å². The van der Waals surface area contributed by atoms with E-state index in [2.05, 4.69) is 25.0 Å². The van der Waals surface area contributed by atoms with Crippen LogP contribution in [-0.4, -0.2) is 20.9 Å². The molecule has 3 aromatic heterocycles. The Morgan fingerprint density at radius 2 is 1.83 bits per heavy atom. The van der Waals surface area contributed by atoms with Crippen LogP contribution in [0.2, 0.25) is 0 Å². The van der Waals surface area contributed by atoms with Gasteiger partial charge in [0.05, 0.1) is 11.4 Å². The zero-order valence-corrected chi connectivity index (χ0v) is 16.2. The quantitative estimate of drug-likeness (QED) is 0.570. The summed E-state index contributed by atoms with van der Waals surface area (Å²) in [6.45, 7) is 3.21. The highest BCUT2D eigenvalue weighted by molar-refractivity contribution is 8.00. The highest BCUT2D eigenvalue weighted by atomic mass is 32.2. The summed E-state index contributed by atoms with van der Waals surface area (Å²) in [5.41, 5.74) is 2.08. The lowest BCUT2D eigenvalue weighted by Gasteiger charge is -2.11. The number of carbonyl (C=O) groups excluding carboxylic acids is 1. The molecule has 0 radical (unpaired) electrons. The van der Waals surface area contributed by atoms with Gasteiger partial charge < -0.3 is 10.0 Å². The van der Waals surface area contributed by atoms with Gasteiger partial charge in [0, 0.05) is 36.0 Å². The molecular formula is C19H16F3N5OS. The Morgan fingerprint density at radius 1 is 1.03 bits per heavy atom. The largest absolute Gasteiger partial charge is 0.433 e. The molecule has 3 rings (SSSR count). The fourth-order valence-corrected chi connectivity index (χ4v) is 3.05. The van der Waals surface area contributed by atoms with Gasteiger partial charge in [-0.3, -0.25) is 14.8 Å². The number of nitrogens with one attached hydrogen (secondary N) is 2. The summed E-state index contributed by atoms with van der Waals surface area (Å²) < 4.78 is 40.9. The van der Waals surface area contributed by atoms with Crippen molar-refractivity contribution in [2.24, 2.45) is 0 Å². The van der Waals surface area contributed by atoms with Gasteiger partial charge in [0.15, 0.2) is 0 Å². The number of rotatable bonds is 5. The summed E-state index contributed by atoms with van der Waals surface area (Å²) in [6, 6.07) is 7.66. The van der Waals surface area contributed by atoms with E-state index in [9.17, 15) is 18.0 Å². The van der Waals surface area contributed by atoms with Crippen molar-refractivity contribution in [3.8, 4) is 11.1 Å². The molecule has 0 unspecified atom stereocenters. The fourth-order valence-electron chi connectivity index (χ4n) is 2.38. The van der Waals surface area contributed by atoms with Crippen LogP contribution in [0.4, 0.5) is 24.7 Å². The normalized spacial score (nSPS) is 11.2. The molecule has 0 saturated carbocycles. The lowest BCUT2D eigenvalue weighted by molar-refractivity contribution is -0.141. The molecule has 0 aliphatic carbocycles. The van der Waals surface area contributed by atoms with Crippen LogP contribution in [0.25, 0.3) is 11.1 Å². The molecule has 0 saturated heterocycles. The first kappa shape index (κ1) is 20.6. The van der Waals surface area contributed by atoms with Crippen LogP contribution >= 0.6 is 11.9 Å². The molecule has 150 valence electrons. The minimum absolute atomic E-state index is 0.222. The highest BCUT2D eigenvalue weighted by Crippen LogP contribution is 2.30. The zero-order valence-electron chi connectivity index (χ0n) is 15.4. The maximum Gasteiger partial charge on any atom is 0.433 e. The van der Waals surface area contributed by atoms with E-state index in [0.29, 0.717) is 16.4 Å². The number of carbonyl (C=O) groups is 1. The van der Waals surface area contributed by atoms with Crippen LogP contribution in [0.3, 0.4) is 0 Å². The van der Waals surface area contributed by atoms with Gasteiger partial charge in [0.2, 0.25) is 5.91 Å². The third kappa shape index (κ3) is 5.44. The number of amides is 1. The van der Waals surface area contributed by atoms with Crippen LogP contribution in [0, 0.1) is 6.92 Å². The van der Waals surface area contributed by atoms with Gasteiger partial charge >= 0.3 is 6.18 Å². The number of anilines is 2. The third-order valence-electron chi connectivity index (χ3n) is 3.79. The smallest absolute Gasteiger partial charge is 0.324 e. The van der Waals surface area contributed by atoms with E-state index in [1.54, 1.807) is 24.5 Å². The molecule has 10 heteroatoms. The predicted molar refractivity (Wildman–Crippen MR) is 105 cm³/mol. The Hall–Kier alpha value is -3.14. The van der Waals surface area contributed by atoms with Gasteiger partial charge in [-0.1, -0.05) is 0 Å². The van der Waals surface area contributed by atoms with Crippen LogP contribution < -0.4 is 10.0 Å². The van der Waals surface area contributed by atoms with Crippen LogP contribution in [0.5, 0.6) is 0 Å². The molecule has 0 spiro atoms. The second kappa shape index (κ2) is 8.48. The number of aromatic nitrogens is 3. The molecule has 0 aliphatic heterocycles. The lowest BCUT2D eigenvalue weighted by Crippen LogP contribution is -2.07. The average Bonchev–Trinajstić information content (AvgIpc) is 2.67. The minimum Gasteiger partial charge on any atom is -0.324 e. The van der Waals surface area contributed by atoms with E-state index >= 15 is 0 Å². The Kier molecular flexibility index (Phi) is 6.02. The lowest BCUT2D eigenvalue weighted by atomic mass is 10.1. The zero-order chi connectivity index (χ0) is 21.0. The van der Waals surface area contributed by atoms with Gasteiger partial charge in [0.25, 0.3) is 0 Å². The second-order valence-electron chi connectivity index (χ2n) is 6.05. The molecule has 3 heterocycles. The molecule has 0 aliphatic rings. The van der Waals surface area contributed by atoms with Gasteiger partial charge in [-0.2, -0.15) is 13.2 Å². The molecule has 0 bridgehead atoms. The van der Waals surface area contributed by atoms with Crippen molar-refractivity contribution in [2.75, 3.05) is 10.0 Å². The summed E-state index contributed by atoms with van der Waals surface area (Å²) in [6.07, 6.45) is -0.0320. The topological polar surface area (TPSA) is 79.8 Å². The SMILES string of the molecule is CC(=O)Nc1cc(-c2cnc(C)c(NSc3ccc(C(F)(F)F)nc3)c2)ccn1. The van der Waals surface area contributed by atoms with E-state index in [-0.39, 0.29) is 5.91 Å². The molecule has 1 amide bonds. The first-order valence-electron chi connectivity index (χ1n) is 8.39. The van der Waals surface area contributed by atoms with Gasteiger partial charge in [-0.15, -0.1) is 0 Å². The second-order valence-corrected chi connectivity index (χ2v) is 6.93. The van der Waals surface area contributed by atoms with E-state index in [1.807, 2.05) is 13.0 Å². The first-order valence-corrected chi connectivity index (χ1v) is 9.21. The molecular weight excluding hydrogens is 403 g/mol. The van der Waals surface area contributed by atoms with E-state index in [0.717, 1.165) is 41.0 Å². The average molecular weight is 419 g/mol. The molecule has 29 heavy (non-hydrogen) atoms. The van der Waals surface area contributed by atoms with Crippen LogP contribution in [-0.2, 0) is 11.0 Å². The number of nitrogens with zero attached hydrogens (tertiary/aromatic N) is 3. The van der Waals surface area contributed by atoms with Gasteiger partial charge in [-0.25, -0.2) is 4.98 Å². The molecule has 0 atom stereocenters. The molecule has 6 nitrogen and oxygen atoms in total. The number of hydrogen-bond acceptors (Lipinski definition) is 6. The van der Waals surface area contributed by atoms with E-state index in [1.165, 1.54) is 13.0 Å². The maximum absolute atomic E-state index is 12.6. The Labute approximate surface area is 169 Å². The van der Waals surface area contributed by atoms with Crippen molar-refractivity contribution in [3.63, 3.8) is 0 Å². The number of pyridine rings is 3. The summed E-state index contributed by atoms with van der Waals surface area (Å²) in [5.74, 6) is 0.205. The minimum atomic E-state index is -4.47. The van der Waals surface area contributed by atoms with Crippen molar-refractivity contribution < 1.29 is 18.0 Å². The van der Waals surface area contributed by atoms with Crippen molar-refractivity contribution >= 4 is 29.4 Å². The Balaban J connectivity index is 1.77. The number of hydrogen-bond donors (Lipinski definition) is 2. The molecule has 3 aromatic rings. The van der Waals surface area contributed by atoms with E-state index in [4.69, 9.17) is 0 Å². The van der Waals surface area contributed by atoms with Crippen LogP contribution in [0.1, 0.15) is 18.3 Å². The first-order chi connectivity index (χ1) is 13.7. The summed E-state index contributed by atoms with van der Waals surface area (Å²) in [4.78, 5) is 23.6. The van der Waals surface area contributed by atoms with E-state index < -0.39 is 11.9 Å². The maximum atomic E-state index is 12.6. The Bertz CT molecular complexity index is 1030. The number of aryl methyl sites for hydroxylation is 1. The number of alkyl halides is 3. The van der Waals surface area contributed by atoms with Crippen LogP contribution in [0.15, 0.2) is 53.8 Å². The standard InChI is InChI=1S/C19H16F3N5OS/c1-11-16(27-29-15-3-4-17(25-10-15)19(20,21)22)7-14(9-24-11)13-5-6-23-18(8-13)26-12(2)28/h3-10,27H,1-2H3,(H,23,26,28). The Morgan fingerprint density at radius 3 is 2.48 bits per heavy atom.